The van der Waals surface area contributed by atoms with Gasteiger partial charge in [-0.25, -0.2) is 4.39 Å². The second kappa shape index (κ2) is 4.89. The molecule has 0 fully saturated rings. The molecule has 3 rings (SSSR count). The van der Waals surface area contributed by atoms with Crippen molar-refractivity contribution < 1.29 is 9.13 Å². The molecule has 0 aliphatic carbocycles. The van der Waals surface area contributed by atoms with E-state index in [1.54, 1.807) is 18.2 Å². The molecule has 0 saturated heterocycles. The molecule has 4 heteroatoms. The molecule has 0 amide bonds. The standard InChI is InChI=1S/C16H15FN2O/c1-20-15-4-2-3-12(16(15)17)10-19-8-7-11-9-13(18)5-6-14(11)19/h2-9H,10,18H2,1H3. The Labute approximate surface area is 116 Å². The van der Waals surface area contributed by atoms with Gasteiger partial charge in [-0.2, -0.15) is 0 Å². The normalized spacial score (nSPS) is 10.9. The van der Waals surface area contributed by atoms with E-state index in [0.717, 1.165) is 16.6 Å². The van der Waals surface area contributed by atoms with Crippen LogP contribution < -0.4 is 10.5 Å². The van der Waals surface area contributed by atoms with Crippen LogP contribution in [-0.4, -0.2) is 11.7 Å². The first-order valence-corrected chi connectivity index (χ1v) is 6.35. The van der Waals surface area contributed by atoms with Crippen LogP contribution in [0.15, 0.2) is 48.7 Å². The quantitative estimate of drug-likeness (QED) is 0.741. The fourth-order valence-corrected chi connectivity index (χ4v) is 2.38. The first-order valence-electron chi connectivity index (χ1n) is 6.35. The molecule has 0 bridgehead atoms. The average Bonchev–Trinajstić information content (AvgIpc) is 2.83. The first kappa shape index (κ1) is 12.5. The third-order valence-corrected chi connectivity index (χ3v) is 3.40. The molecule has 2 aromatic carbocycles. The van der Waals surface area contributed by atoms with Crippen LogP contribution in [0.25, 0.3) is 10.9 Å². The Kier molecular flexibility index (Phi) is 3.06. The Hall–Kier alpha value is -2.49. The summed E-state index contributed by atoms with van der Waals surface area (Å²) in [7, 11) is 1.47. The number of nitrogens with zero attached hydrogens (tertiary/aromatic N) is 1. The van der Waals surface area contributed by atoms with Crippen LogP contribution >= 0.6 is 0 Å². The average molecular weight is 270 g/mol. The number of halogens is 1. The summed E-state index contributed by atoms with van der Waals surface area (Å²) in [6.07, 6.45) is 1.93. The minimum absolute atomic E-state index is 0.267. The zero-order valence-electron chi connectivity index (χ0n) is 11.1. The highest BCUT2D eigenvalue weighted by molar-refractivity contribution is 5.83. The molecule has 3 aromatic rings. The third-order valence-electron chi connectivity index (χ3n) is 3.40. The van der Waals surface area contributed by atoms with Gasteiger partial charge in [-0.05, 0) is 30.3 Å². The summed E-state index contributed by atoms with van der Waals surface area (Å²) in [5.74, 6) is -0.0458. The van der Waals surface area contributed by atoms with Crippen LogP contribution in [0.5, 0.6) is 5.75 Å². The Morgan fingerprint density at radius 2 is 2.05 bits per heavy atom. The Morgan fingerprint density at radius 1 is 1.20 bits per heavy atom. The lowest BCUT2D eigenvalue weighted by Gasteiger charge is -2.09. The minimum Gasteiger partial charge on any atom is -0.494 e. The molecule has 0 spiro atoms. The van der Waals surface area contributed by atoms with Crippen molar-refractivity contribution in [3.8, 4) is 5.75 Å². The molecule has 0 aliphatic heterocycles. The molecule has 0 aliphatic rings. The Balaban J connectivity index is 2.01. The first-order chi connectivity index (χ1) is 9.69. The van der Waals surface area contributed by atoms with E-state index in [1.807, 2.05) is 35.0 Å². The Bertz CT molecular complexity index is 764. The number of anilines is 1. The maximum Gasteiger partial charge on any atom is 0.170 e. The molecule has 0 unspecified atom stereocenters. The molecule has 3 nitrogen and oxygen atoms in total. The van der Waals surface area contributed by atoms with Gasteiger partial charge in [0.05, 0.1) is 13.7 Å². The van der Waals surface area contributed by atoms with Crippen LogP contribution in [-0.2, 0) is 6.54 Å². The molecule has 1 aromatic heterocycles. The van der Waals surface area contributed by atoms with Gasteiger partial charge >= 0.3 is 0 Å². The van der Waals surface area contributed by atoms with E-state index in [1.165, 1.54) is 7.11 Å². The summed E-state index contributed by atoms with van der Waals surface area (Å²) in [5, 5.41) is 1.05. The van der Waals surface area contributed by atoms with Crippen LogP contribution in [0, 0.1) is 5.82 Å². The van der Waals surface area contributed by atoms with Crippen molar-refractivity contribution in [3.63, 3.8) is 0 Å². The molecule has 0 saturated carbocycles. The SMILES string of the molecule is COc1cccc(Cn2ccc3cc(N)ccc32)c1F. The topological polar surface area (TPSA) is 40.2 Å². The Morgan fingerprint density at radius 3 is 2.85 bits per heavy atom. The largest absolute Gasteiger partial charge is 0.494 e. The third kappa shape index (κ3) is 2.09. The fraction of sp³-hybridized carbons (Fsp3) is 0.125. The molecule has 1 heterocycles. The smallest absolute Gasteiger partial charge is 0.170 e. The summed E-state index contributed by atoms with van der Waals surface area (Å²) >= 11 is 0. The van der Waals surface area contributed by atoms with Crippen molar-refractivity contribution in [2.24, 2.45) is 0 Å². The highest BCUT2D eigenvalue weighted by Crippen LogP contribution is 2.24. The summed E-state index contributed by atoms with van der Waals surface area (Å²) in [6.45, 7) is 0.455. The van der Waals surface area contributed by atoms with Gasteiger partial charge in [0.25, 0.3) is 0 Å². The second-order valence-electron chi connectivity index (χ2n) is 4.70. The van der Waals surface area contributed by atoms with Crippen LogP contribution in [0.2, 0.25) is 0 Å². The number of ether oxygens (including phenoxy) is 1. The number of fused-ring (bicyclic) bond motifs is 1. The van der Waals surface area contributed by atoms with Crippen molar-refractivity contribution in [1.82, 2.24) is 4.57 Å². The monoisotopic (exact) mass is 270 g/mol. The maximum absolute atomic E-state index is 14.2. The number of hydrogen-bond acceptors (Lipinski definition) is 2. The van der Waals surface area contributed by atoms with Gasteiger partial charge in [-0.1, -0.05) is 12.1 Å². The number of hydrogen-bond donors (Lipinski definition) is 1. The van der Waals surface area contributed by atoms with Gasteiger partial charge in [0, 0.05) is 28.4 Å². The molecule has 2 N–H and O–H groups in total. The molecule has 0 radical (unpaired) electrons. The summed E-state index contributed by atoms with van der Waals surface area (Å²) in [6, 6.07) is 12.9. The van der Waals surface area contributed by atoms with Gasteiger partial charge in [0.2, 0.25) is 0 Å². The zero-order valence-corrected chi connectivity index (χ0v) is 11.1. The number of nitrogens with two attached hydrogens (primary N) is 1. The van der Waals surface area contributed by atoms with Crippen molar-refractivity contribution in [2.75, 3.05) is 12.8 Å². The van der Waals surface area contributed by atoms with E-state index in [4.69, 9.17) is 10.5 Å². The lowest BCUT2D eigenvalue weighted by molar-refractivity contribution is 0.383. The van der Waals surface area contributed by atoms with Crippen LogP contribution in [0.4, 0.5) is 10.1 Å². The minimum atomic E-state index is -0.313. The number of aromatic nitrogens is 1. The van der Waals surface area contributed by atoms with Gasteiger partial charge in [0.1, 0.15) is 0 Å². The second-order valence-corrected chi connectivity index (χ2v) is 4.70. The van der Waals surface area contributed by atoms with Crippen molar-refractivity contribution >= 4 is 16.6 Å². The van der Waals surface area contributed by atoms with E-state index in [2.05, 4.69) is 0 Å². The predicted molar refractivity (Wildman–Crippen MR) is 78.4 cm³/mol. The van der Waals surface area contributed by atoms with E-state index in [0.29, 0.717) is 12.1 Å². The number of nitrogen functional groups attached to an aromatic ring is 1. The number of rotatable bonds is 3. The lowest BCUT2D eigenvalue weighted by atomic mass is 10.2. The highest BCUT2D eigenvalue weighted by atomic mass is 19.1. The molecule has 20 heavy (non-hydrogen) atoms. The van der Waals surface area contributed by atoms with Gasteiger partial charge in [-0.3, -0.25) is 0 Å². The number of benzene rings is 2. The lowest BCUT2D eigenvalue weighted by Crippen LogP contribution is -2.02. The van der Waals surface area contributed by atoms with E-state index in [9.17, 15) is 4.39 Å². The van der Waals surface area contributed by atoms with Crippen molar-refractivity contribution in [3.05, 3.63) is 60.0 Å². The van der Waals surface area contributed by atoms with Gasteiger partial charge in [0.15, 0.2) is 11.6 Å². The summed E-state index contributed by atoms with van der Waals surface area (Å²) < 4.78 is 21.2. The highest BCUT2D eigenvalue weighted by Gasteiger charge is 2.10. The fourth-order valence-electron chi connectivity index (χ4n) is 2.38. The molecule has 0 atom stereocenters. The van der Waals surface area contributed by atoms with Gasteiger partial charge < -0.3 is 15.0 Å². The summed E-state index contributed by atoms with van der Waals surface area (Å²) in [5.41, 5.74) is 8.11. The predicted octanol–water partition coefficient (Wildman–Crippen LogP) is 3.42. The maximum atomic E-state index is 14.2. The molecule has 102 valence electrons. The van der Waals surface area contributed by atoms with E-state index >= 15 is 0 Å². The van der Waals surface area contributed by atoms with E-state index in [-0.39, 0.29) is 11.6 Å². The molecular weight excluding hydrogens is 255 g/mol. The number of methoxy groups -OCH3 is 1. The van der Waals surface area contributed by atoms with Crippen LogP contribution in [0.1, 0.15) is 5.56 Å². The van der Waals surface area contributed by atoms with Crippen molar-refractivity contribution in [2.45, 2.75) is 6.54 Å². The van der Waals surface area contributed by atoms with Crippen molar-refractivity contribution in [1.29, 1.82) is 0 Å². The van der Waals surface area contributed by atoms with Gasteiger partial charge in [-0.15, -0.1) is 0 Å². The molecular formula is C16H15FN2O. The summed E-state index contributed by atoms with van der Waals surface area (Å²) in [4.78, 5) is 0. The van der Waals surface area contributed by atoms with Crippen LogP contribution in [0.3, 0.4) is 0 Å². The van der Waals surface area contributed by atoms with E-state index < -0.39 is 0 Å². The zero-order chi connectivity index (χ0) is 14.1.